The molecule has 2 heteroatoms. The number of ketones is 1. The summed E-state index contributed by atoms with van der Waals surface area (Å²) in [4.78, 5) is 10.6. The highest BCUT2D eigenvalue weighted by Crippen LogP contribution is 2.04. The lowest BCUT2D eigenvalue weighted by molar-refractivity contribution is -0.114. The molecule has 0 fully saturated rings. The van der Waals surface area contributed by atoms with Gasteiger partial charge in [-0.25, -0.2) is 0 Å². The zero-order chi connectivity index (χ0) is 7.98. The molecule has 1 unspecified atom stereocenters. The Morgan fingerprint density at radius 1 is 1.80 bits per heavy atom. The Morgan fingerprint density at radius 3 is 2.80 bits per heavy atom. The summed E-state index contributed by atoms with van der Waals surface area (Å²) in [6.45, 7) is 5.42. The summed E-state index contributed by atoms with van der Waals surface area (Å²) in [5, 5.41) is 8.58. The first kappa shape index (κ1) is 9.37. The number of aliphatic hydroxyl groups is 1. The molecule has 0 aliphatic heterocycles. The van der Waals surface area contributed by atoms with Gasteiger partial charge in [-0.2, -0.15) is 0 Å². The van der Waals surface area contributed by atoms with E-state index in [2.05, 4.69) is 6.58 Å². The van der Waals surface area contributed by atoms with Crippen LogP contribution in [0.3, 0.4) is 0 Å². The number of hydrogen-bond acceptors (Lipinski definition) is 2. The van der Waals surface area contributed by atoms with Gasteiger partial charge in [-0.15, -0.1) is 0 Å². The van der Waals surface area contributed by atoms with Crippen molar-refractivity contribution in [2.24, 2.45) is 5.92 Å². The van der Waals surface area contributed by atoms with Gasteiger partial charge in [-0.05, 0) is 18.4 Å². The Kier molecular flexibility index (Phi) is 4.85. The minimum atomic E-state index is 0.0558. The Hall–Kier alpha value is -0.630. The number of carbonyl (C=O) groups excluding carboxylic acids is 1. The van der Waals surface area contributed by atoms with Gasteiger partial charge in [0.25, 0.3) is 0 Å². The van der Waals surface area contributed by atoms with Crippen molar-refractivity contribution in [1.82, 2.24) is 0 Å². The molecule has 1 N–H and O–H groups in total. The van der Waals surface area contributed by atoms with Gasteiger partial charge in [0.15, 0.2) is 5.78 Å². The molecule has 1 atom stereocenters. The summed E-state index contributed by atoms with van der Waals surface area (Å²) >= 11 is 0. The topological polar surface area (TPSA) is 37.3 Å². The molecule has 0 aromatic carbocycles. The highest BCUT2D eigenvalue weighted by Gasteiger charge is 2.01. The molecule has 0 heterocycles. The molecule has 0 rings (SSSR count). The van der Waals surface area contributed by atoms with Gasteiger partial charge in [0.2, 0.25) is 0 Å². The van der Waals surface area contributed by atoms with Gasteiger partial charge in [-0.3, -0.25) is 4.79 Å². The van der Waals surface area contributed by atoms with Crippen LogP contribution in [0.25, 0.3) is 0 Å². The molecule has 0 saturated heterocycles. The second kappa shape index (κ2) is 5.18. The second-order valence-corrected chi connectivity index (χ2v) is 2.50. The molecule has 0 aromatic rings. The van der Waals surface area contributed by atoms with Crippen molar-refractivity contribution < 1.29 is 9.90 Å². The van der Waals surface area contributed by atoms with Crippen LogP contribution in [0.1, 0.15) is 19.8 Å². The molecule has 2 nitrogen and oxygen atoms in total. The monoisotopic (exact) mass is 142 g/mol. The van der Waals surface area contributed by atoms with Crippen LogP contribution in [0.2, 0.25) is 0 Å². The maximum Gasteiger partial charge on any atom is 0.155 e. The summed E-state index contributed by atoms with van der Waals surface area (Å²) in [5.74, 6) is 0.282. The zero-order valence-corrected chi connectivity index (χ0v) is 6.34. The molecule has 0 bridgehead atoms. The lowest BCUT2D eigenvalue weighted by Gasteiger charge is -2.03. The van der Waals surface area contributed by atoms with E-state index in [-0.39, 0.29) is 18.3 Å². The molecule has 0 spiro atoms. The van der Waals surface area contributed by atoms with Crippen LogP contribution in [0.4, 0.5) is 0 Å². The van der Waals surface area contributed by atoms with E-state index in [1.54, 1.807) is 0 Å². The maximum absolute atomic E-state index is 10.6. The summed E-state index contributed by atoms with van der Waals surface area (Å²) in [5.41, 5.74) is 0. The average molecular weight is 142 g/mol. The molecular formula is C8H14O2. The van der Waals surface area contributed by atoms with Crippen molar-refractivity contribution in [3.05, 3.63) is 12.7 Å². The van der Waals surface area contributed by atoms with Crippen LogP contribution in [-0.2, 0) is 4.79 Å². The lowest BCUT2D eigenvalue weighted by Crippen LogP contribution is -2.03. The van der Waals surface area contributed by atoms with Crippen LogP contribution < -0.4 is 0 Å². The van der Waals surface area contributed by atoms with E-state index in [9.17, 15) is 4.79 Å². The molecule has 0 saturated carbocycles. The van der Waals surface area contributed by atoms with E-state index in [0.29, 0.717) is 6.42 Å². The third-order valence-corrected chi connectivity index (χ3v) is 1.42. The van der Waals surface area contributed by atoms with E-state index in [0.717, 1.165) is 6.42 Å². The van der Waals surface area contributed by atoms with Crippen LogP contribution in [0, 0.1) is 5.92 Å². The number of rotatable bonds is 5. The van der Waals surface area contributed by atoms with Crippen LogP contribution in [0.15, 0.2) is 12.7 Å². The van der Waals surface area contributed by atoms with E-state index in [1.807, 2.05) is 6.92 Å². The average Bonchev–Trinajstić information content (AvgIpc) is 1.99. The normalized spacial score (nSPS) is 12.6. The van der Waals surface area contributed by atoms with Crippen LogP contribution in [0.5, 0.6) is 0 Å². The van der Waals surface area contributed by atoms with Crippen LogP contribution in [-0.4, -0.2) is 17.5 Å². The maximum atomic E-state index is 10.6. The van der Waals surface area contributed by atoms with Gasteiger partial charge in [0.1, 0.15) is 0 Å². The minimum Gasteiger partial charge on any atom is -0.396 e. The fourth-order valence-corrected chi connectivity index (χ4v) is 0.582. The van der Waals surface area contributed by atoms with Crippen LogP contribution >= 0.6 is 0 Å². The smallest absolute Gasteiger partial charge is 0.155 e. The van der Waals surface area contributed by atoms with Crippen molar-refractivity contribution in [2.45, 2.75) is 19.8 Å². The van der Waals surface area contributed by atoms with Gasteiger partial charge in [0.05, 0.1) is 0 Å². The first-order chi connectivity index (χ1) is 4.70. The molecule has 0 aliphatic rings. The lowest BCUT2D eigenvalue weighted by atomic mass is 10.1. The number of allylic oxidation sites excluding steroid dienone is 1. The molecule has 58 valence electrons. The summed E-state index contributed by atoms with van der Waals surface area (Å²) < 4.78 is 0. The molecule has 0 aromatic heterocycles. The Labute approximate surface area is 61.6 Å². The number of aliphatic hydroxyl groups excluding tert-OH is 1. The zero-order valence-electron chi connectivity index (χ0n) is 6.34. The van der Waals surface area contributed by atoms with Gasteiger partial charge in [0, 0.05) is 13.0 Å². The third-order valence-electron chi connectivity index (χ3n) is 1.42. The Bertz CT molecular complexity index is 118. The SMILES string of the molecule is C=CC(=O)CCC(C)CO. The summed E-state index contributed by atoms with van der Waals surface area (Å²) in [6, 6.07) is 0. The Balaban J connectivity index is 3.34. The van der Waals surface area contributed by atoms with Crippen molar-refractivity contribution in [2.75, 3.05) is 6.61 Å². The predicted molar refractivity (Wildman–Crippen MR) is 40.7 cm³/mol. The largest absolute Gasteiger partial charge is 0.396 e. The third kappa shape index (κ3) is 4.27. The minimum absolute atomic E-state index is 0.0558. The van der Waals surface area contributed by atoms with E-state index < -0.39 is 0 Å². The fraction of sp³-hybridized carbons (Fsp3) is 0.625. The molecule has 10 heavy (non-hydrogen) atoms. The Morgan fingerprint density at radius 2 is 2.40 bits per heavy atom. The standard InChI is InChI=1S/C8H14O2/c1-3-8(10)5-4-7(2)6-9/h3,7,9H,1,4-6H2,2H3. The van der Waals surface area contributed by atoms with Gasteiger partial charge >= 0.3 is 0 Å². The summed E-state index contributed by atoms with van der Waals surface area (Å²) in [7, 11) is 0. The molecule has 0 amide bonds. The predicted octanol–water partition coefficient (Wildman–Crippen LogP) is 1.15. The fourth-order valence-electron chi connectivity index (χ4n) is 0.582. The molecule has 0 aliphatic carbocycles. The van der Waals surface area contributed by atoms with Gasteiger partial charge < -0.3 is 5.11 Å². The van der Waals surface area contributed by atoms with E-state index in [4.69, 9.17) is 5.11 Å². The highest BCUT2D eigenvalue weighted by atomic mass is 16.3. The summed E-state index contributed by atoms with van der Waals surface area (Å²) in [6.07, 6.45) is 2.58. The van der Waals surface area contributed by atoms with Gasteiger partial charge in [-0.1, -0.05) is 13.5 Å². The first-order valence-electron chi connectivity index (χ1n) is 3.46. The van der Waals surface area contributed by atoms with Crippen molar-refractivity contribution in [3.63, 3.8) is 0 Å². The van der Waals surface area contributed by atoms with Crippen molar-refractivity contribution in [3.8, 4) is 0 Å². The van der Waals surface area contributed by atoms with E-state index >= 15 is 0 Å². The first-order valence-corrected chi connectivity index (χ1v) is 3.46. The molecular weight excluding hydrogens is 128 g/mol. The number of hydrogen-bond donors (Lipinski definition) is 1. The van der Waals surface area contributed by atoms with E-state index in [1.165, 1.54) is 6.08 Å². The highest BCUT2D eigenvalue weighted by molar-refractivity contribution is 5.88. The van der Waals surface area contributed by atoms with Crippen molar-refractivity contribution >= 4 is 5.78 Å². The molecule has 0 radical (unpaired) electrons. The quantitative estimate of drug-likeness (QED) is 0.585. The number of carbonyl (C=O) groups is 1. The van der Waals surface area contributed by atoms with Crippen molar-refractivity contribution in [1.29, 1.82) is 0 Å². The second-order valence-electron chi connectivity index (χ2n) is 2.50.